The van der Waals surface area contributed by atoms with Gasteiger partial charge in [0.2, 0.25) is 5.78 Å². The first kappa shape index (κ1) is 14.3. The number of amides is 1. The standard InChI is InChI=1S/C17H16N4OS/c22-16(14-11-20-8-4-7-18-17(20)19-14)21-9-10-23-12-15(21)13-5-2-1-3-6-13/h1-8,11,15H,9-10,12H2. The van der Waals surface area contributed by atoms with Crippen molar-refractivity contribution in [2.75, 3.05) is 18.1 Å². The molecule has 1 aliphatic heterocycles. The van der Waals surface area contributed by atoms with Gasteiger partial charge in [-0.25, -0.2) is 9.97 Å². The predicted molar refractivity (Wildman–Crippen MR) is 90.5 cm³/mol. The number of imidazole rings is 1. The Morgan fingerprint density at radius 2 is 2.09 bits per heavy atom. The SMILES string of the molecule is O=C(c1cn2cccnc2n1)N1CCSCC1c1ccccc1. The zero-order chi connectivity index (χ0) is 15.6. The van der Waals surface area contributed by atoms with Crippen molar-refractivity contribution in [3.63, 3.8) is 0 Å². The summed E-state index contributed by atoms with van der Waals surface area (Å²) in [6, 6.07) is 12.1. The minimum atomic E-state index is -0.0235. The first-order valence-electron chi connectivity index (χ1n) is 7.56. The van der Waals surface area contributed by atoms with Crippen LogP contribution >= 0.6 is 11.8 Å². The molecular formula is C17H16N4OS. The molecule has 0 radical (unpaired) electrons. The van der Waals surface area contributed by atoms with E-state index in [1.54, 1.807) is 16.8 Å². The molecule has 3 aromatic rings. The van der Waals surface area contributed by atoms with Crippen LogP contribution in [0.5, 0.6) is 0 Å². The smallest absolute Gasteiger partial charge is 0.274 e. The summed E-state index contributed by atoms with van der Waals surface area (Å²) < 4.78 is 1.78. The maximum absolute atomic E-state index is 13.0. The lowest BCUT2D eigenvalue weighted by atomic mass is 10.1. The van der Waals surface area contributed by atoms with Gasteiger partial charge in [0.15, 0.2) is 0 Å². The Kier molecular flexibility index (Phi) is 3.75. The third kappa shape index (κ3) is 2.70. The molecule has 1 aliphatic rings. The lowest BCUT2D eigenvalue weighted by Gasteiger charge is -2.35. The minimum absolute atomic E-state index is 0.0235. The number of hydrogen-bond donors (Lipinski definition) is 0. The number of carbonyl (C=O) groups excluding carboxylic acids is 1. The monoisotopic (exact) mass is 324 g/mol. The first-order chi connectivity index (χ1) is 11.3. The number of carbonyl (C=O) groups is 1. The van der Waals surface area contributed by atoms with Crippen molar-refractivity contribution in [3.05, 3.63) is 66.2 Å². The average Bonchev–Trinajstić information content (AvgIpc) is 3.06. The van der Waals surface area contributed by atoms with E-state index in [0.29, 0.717) is 11.5 Å². The number of nitrogens with zero attached hydrogens (tertiary/aromatic N) is 4. The molecule has 1 unspecified atom stereocenters. The fourth-order valence-corrected chi connectivity index (χ4v) is 3.97. The van der Waals surface area contributed by atoms with Crippen molar-refractivity contribution in [1.29, 1.82) is 0 Å². The van der Waals surface area contributed by atoms with Gasteiger partial charge >= 0.3 is 0 Å². The molecule has 1 atom stereocenters. The summed E-state index contributed by atoms with van der Waals surface area (Å²) in [6.07, 6.45) is 5.29. The maximum atomic E-state index is 13.0. The summed E-state index contributed by atoms with van der Waals surface area (Å²) >= 11 is 1.89. The van der Waals surface area contributed by atoms with Crippen LogP contribution in [0.15, 0.2) is 55.0 Å². The van der Waals surface area contributed by atoms with Crippen molar-refractivity contribution < 1.29 is 4.79 Å². The van der Waals surface area contributed by atoms with Gasteiger partial charge in [0.25, 0.3) is 5.91 Å². The quantitative estimate of drug-likeness (QED) is 0.727. The van der Waals surface area contributed by atoms with Crippen LogP contribution in [0.1, 0.15) is 22.1 Å². The molecule has 0 spiro atoms. The van der Waals surface area contributed by atoms with Crippen molar-refractivity contribution in [3.8, 4) is 0 Å². The summed E-state index contributed by atoms with van der Waals surface area (Å²) in [7, 11) is 0. The van der Waals surface area contributed by atoms with E-state index in [0.717, 1.165) is 18.1 Å². The fourth-order valence-electron chi connectivity index (χ4n) is 2.88. The molecule has 116 valence electrons. The van der Waals surface area contributed by atoms with Gasteiger partial charge in [-0.1, -0.05) is 30.3 Å². The van der Waals surface area contributed by atoms with E-state index < -0.39 is 0 Å². The highest BCUT2D eigenvalue weighted by Gasteiger charge is 2.30. The predicted octanol–water partition coefficient (Wildman–Crippen LogP) is 2.66. The molecule has 1 fully saturated rings. The number of fused-ring (bicyclic) bond motifs is 1. The van der Waals surface area contributed by atoms with Crippen LogP contribution in [0.2, 0.25) is 0 Å². The van der Waals surface area contributed by atoms with Crippen LogP contribution in [-0.4, -0.2) is 43.2 Å². The second kappa shape index (κ2) is 6.04. The second-order valence-electron chi connectivity index (χ2n) is 5.45. The molecule has 6 heteroatoms. The average molecular weight is 324 g/mol. The van der Waals surface area contributed by atoms with Crippen molar-refractivity contribution >= 4 is 23.4 Å². The zero-order valence-electron chi connectivity index (χ0n) is 12.5. The maximum Gasteiger partial charge on any atom is 0.274 e. The van der Waals surface area contributed by atoms with Gasteiger partial charge in [-0.15, -0.1) is 0 Å². The fraction of sp³-hybridized carbons (Fsp3) is 0.235. The Bertz CT molecular complexity index is 800. The van der Waals surface area contributed by atoms with E-state index in [1.165, 1.54) is 5.56 Å². The zero-order valence-corrected chi connectivity index (χ0v) is 13.3. The van der Waals surface area contributed by atoms with E-state index in [9.17, 15) is 4.79 Å². The molecule has 0 aliphatic carbocycles. The number of rotatable bonds is 2. The highest BCUT2D eigenvalue weighted by Crippen LogP contribution is 2.30. The summed E-state index contributed by atoms with van der Waals surface area (Å²) in [5.41, 5.74) is 1.63. The number of aromatic nitrogens is 3. The summed E-state index contributed by atoms with van der Waals surface area (Å²) in [4.78, 5) is 23.5. The Balaban J connectivity index is 1.67. The largest absolute Gasteiger partial charge is 0.329 e. The second-order valence-corrected chi connectivity index (χ2v) is 6.60. The van der Waals surface area contributed by atoms with Gasteiger partial charge < -0.3 is 4.90 Å². The molecule has 3 heterocycles. The minimum Gasteiger partial charge on any atom is -0.329 e. The van der Waals surface area contributed by atoms with Crippen molar-refractivity contribution in [2.24, 2.45) is 0 Å². The topological polar surface area (TPSA) is 50.5 Å². The summed E-state index contributed by atoms with van der Waals surface area (Å²) in [6.45, 7) is 0.740. The van der Waals surface area contributed by atoms with Crippen molar-refractivity contribution in [1.82, 2.24) is 19.3 Å². The Hall–Kier alpha value is -2.34. The molecule has 4 rings (SSSR count). The molecule has 1 aromatic carbocycles. The van der Waals surface area contributed by atoms with Gasteiger partial charge in [0, 0.05) is 36.6 Å². The van der Waals surface area contributed by atoms with Crippen LogP contribution in [0.4, 0.5) is 0 Å². The molecular weight excluding hydrogens is 308 g/mol. The van der Waals surface area contributed by atoms with Gasteiger partial charge in [0.1, 0.15) is 5.69 Å². The van der Waals surface area contributed by atoms with Gasteiger partial charge in [-0.05, 0) is 11.6 Å². The third-order valence-corrected chi connectivity index (χ3v) is 5.05. The highest BCUT2D eigenvalue weighted by molar-refractivity contribution is 7.99. The van der Waals surface area contributed by atoms with Crippen LogP contribution in [-0.2, 0) is 0 Å². The van der Waals surface area contributed by atoms with E-state index in [4.69, 9.17) is 0 Å². The number of benzene rings is 1. The lowest BCUT2D eigenvalue weighted by Crippen LogP contribution is -2.40. The van der Waals surface area contributed by atoms with Gasteiger partial charge in [0.05, 0.1) is 6.04 Å². The van der Waals surface area contributed by atoms with Crippen LogP contribution < -0.4 is 0 Å². The number of hydrogen-bond acceptors (Lipinski definition) is 4. The first-order valence-corrected chi connectivity index (χ1v) is 8.72. The third-order valence-electron chi connectivity index (χ3n) is 4.03. The van der Waals surface area contributed by atoms with Gasteiger partial charge in [-0.3, -0.25) is 9.20 Å². The Morgan fingerprint density at radius 3 is 2.91 bits per heavy atom. The Morgan fingerprint density at radius 1 is 1.22 bits per heavy atom. The molecule has 0 saturated carbocycles. The molecule has 2 aromatic heterocycles. The van der Waals surface area contributed by atoms with Crippen molar-refractivity contribution in [2.45, 2.75) is 6.04 Å². The van der Waals surface area contributed by atoms with Crippen LogP contribution in [0, 0.1) is 0 Å². The van der Waals surface area contributed by atoms with E-state index in [2.05, 4.69) is 22.1 Å². The van der Waals surface area contributed by atoms with Gasteiger partial charge in [-0.2, -0.15) is 11.8 Å². The number of thioether (sulfide) groups is 1. The molecule has 1 amide bonds. The highest BCUT2D eigenvalue weighted by atomic mass is 32.2. The normalized spacial score (nSPS) is 18.3. The summed E-state index contributed by atoms with van der Waals surface area (Å²) in [5, 5.41) is 0. The molecule has 23 heavy (non-hydrogen) atoms. The van der Waals surface area contributed by atoms with E-state index >= 15 is 0 Å². The van der Waals surface area contributed by atoms with E-state index in [-0.39, 0.29) is 11.9 Å². The molecule has 0 N–H and O–H groups in total. The molecule has 1 saturated heterocycles. The molecule has 0 bridgehead atoms. The Labute approximate surface area is 138 Å². The van der Waals surface area contributed by atoms with Crippen LogP contribution in [0.25, 0.3) is 5.78 Å². The molecule has 5 nitrogen and oxygen atoms in total. The van der Waals surface area contributed by atoms with E-state index in [1.807, 2.05) is 47.1 Å². The lowest BCUT2D eigenvalue weighted by molar-refractivity contribution is 0.0696. The van der Waals surface area contributed by atoms with Crippen LogP contribution in [0.3, 0.4) is 0 Å². The summed E-state index contributed by atoms with van der Waals surface area (Å²) in [5.74, 6) is 2.41.